The molecule has 1 amide bonds. The first kappa shape index (κ1) is 18.3. The summed E-state index contributed by atoms with van der Waals surface area (Å²) >= 11 is 6.25. The van der Waals surface area contributed by atoms with E-state index >= 15 is 0 Å². The molecule has 0 atom stereocenters. The molecule has 3 aromatic rings. The molecule has 2 aromatic carbocycles. The summed E-state index contributed by atoms with van der Waals surface area (Å²) in [5, 5.41) is 7.53. The van der Waals surface area contributed by atoms with Gasteiger partial charge in [-0.15, -0.1) is 0 Å². The van der Waals surface area contributed by atoms with E-state index in [0.29, 0.717) is 54.8 Å². The van der Waals surface area contributed by atoms with Gasteiger partial charge < -0.3 is 14.8 Å². The minimum Gasteiger partial charge on any atom is -0.486 e. The minimum absolute atomic E-state index is 0.115. The summed E-state index contributed by atoms with van der Waals surface area (Å²) in [6.07, 6.45) is 3.80. The maximum absolute atomic E-state index is 12.4. The maximum atomic E-state index is 12.4. The molecule has 0 radical (unpaired) electrons. The lowest BCUT2D eigenvalue weighted by molar-refractivity contribution is 0.0954. The van der Waals surface area contributed by atoms with Gasteiger partial charge in [-0.2, -0.15) is 5.10 Å². The van der Waals surface area contributed by atoms with Crippen LogP contribution in [-0.2, 0) is 13.0 Å². The fourth-order valence-electron chi connectivity index (χ4n) is 2.99. The third kappa shape index (κ3) is 4.26. The summed E-state index contributed by atoms with van der Waals surface area (Å²) in [5.74, 6) is 1.13. The van der Waals surface area contributed by atoms with Crippen molar-refractivity contribution in [2.45, 2.75) is 13.0 Å². The smallest absolute Gasteiger partial charge is 0.251 e. The van der Waals surface area contributed by atoms with Gasteiger partial charge in [0.25, 0.3) is 5.91 Å². The van der Waals surface area contributed by atoms with Crippen LogP contribution in [0.15, 0.2) is 49.1 Å². The minimum atomic E-state index is -0.115. The average molecular weight is 399 g/mol. The van der Waals surface area contributed by atoms with E-state index in [0.717, 1.165) is 11.1 Å². The molecule has 1 aliphatic heterocycles. The molecule has 1 N–H and O–H groups in total. The number of hydrogen-bond donors (Lipinski definition) is 1. The zero-order valence-corrected chi connectivity index (χ0v) is 15.9. The van der Waals surface area contributed by atoms with Crippen molar-refractivity contribution in [3.05, 3.63) is 70.8 Å². The summed E-state index contributed by atoms with van der Waals surface area (Å²) in [6.45, 7) is 2.12. The second kappa shape index (κ2) is 8.31. The highest BCUT2D eigenvalue weighted by molar-refractivity contribution is 6.32. The predicted octanol–water partition coefficient (Wildman–Crippen LogP) is 2.72. The van der Waals surface area contributed by atoms with Crippen molar-refractivity contribution in [2.24, 2.45) is 0 Å². The monoisotopic (exact) mass is 398 g/mol. The number of hydrogen-bond acceptors (Lipinski definition) is 5. The number of carbonyl (C=O) groups excluding carboxylic acids is 1. The van der Waals surface area contributed by atoms with Crippen molar-refractivity contribution in [3.8, 4) is 11.5 Å². The molecule has 0 fully saturated rings. The van der Waals surface area contributed by atoms with Gasteiger partial charge in [-0.3, -0.25) is 4.79 Å². The number of benzene rings is 2. The van der Waals surface area contributed by atoms with Crippen molar-refractivity contribution < 1.29 is 14.3 Å². The number of aromatic nitrogens is 3. The van der Waals surface area contributed by atoms with Crippen LogP contribution in [0.3, 0.4) is 0 Å². The molecular weight excluding hydrogens is 380 g/mol. The topological polar surface area (TPSA) is 78.3 Å². The number of nitrogens with one attached hydrogen (secondary N) is 1. The summed E-state index contributed by atoms with van der Waals surface area (Å²) in [5.41, 5.74) is 2.65. The molecule has 144 valence electrons. The molecule has 0 saturated carbocycles. The Morgan fingerprint density at radius 2 is 1.96 bits per heavy atom. The molecule has 1 aromatic heterocycles. The van der Waals surface area contributed by atoms with Gasteiger partial charge in [-0.05, 0) is 41.8 Å². The largest absolute Gasteiger partial charge is 0.486 e. The van der Waals surface area contributed by atoms with Gasteiger partial charge in [-0.1, -0.05) is 23.7 Å². The lowest BCUT2D eigenvalue weighted by Crippen LogP contribution is -2.25. The lowest BCUT2D eigenvalue weighted by atomic mass is 10.1. The maximum Gasteiger partial charge on any atom is 0.251 e. The van der Waals surface area contributed by atoms with E-state index in [1.54, 1.807) is 11.0 Å². The first-order valence-electron chi connectivity index (χ1n) is 8.96. The van der Waals surface area contributed by atoms with Crippen LogP contribution in [0.5, 0.6) is 11.5 Å². The Labute approximate surface area is 167 Å². The van der Waals surface area contributed by atoms with Crippen molar-refractivity contribution in [2.75, 3.05) is 19.8 Å². The molecule has 0 saturated heterocycles. The first-order valence-corrected chi connectivity index (χ1v) is 9.34. The third-order valence-corrected chi connectivity index (χ3v) is 4.66. The van der Waals surface area contributed by atoms with Crippen molar-refractivity contribution in [3.63, 3.8) is 0 Å². The number of halogens is 1. The normalized spacial score (nSPS) is 12.6. The van der Waals surface area contributed by atoms with Crippen LogP contribution < -0.4 is 14.8 Å². The molecule has 28 heavy (non-hydrogen) atoms. The molecule has 7 nitrogen and oxygen atoms in total. The van der Waals surface area contributed by atoms with Crippen LogP contribution >= 0.6 is 11.6 Å². The van der Waals surface area contributed by atoms with Crippen LogP contribution in [-0.4, -0.2) is 40.4 Å². The number of amides is 1. The standard InChI is InChI=1S/C20H19ClN4O3/c21-17-9-15(10-18-19(17)28-8-7-27-18)5-6-23-20(26)16-3-1-14(2-4-16)11-25-13-22-12-24-25/h1-4,9-10,12-13H,5-8,11H2,(H,23,26). The first-order chi connectivity index (χ1) is 13.7. The van der Waals surface area contributed by atoms with Gasteiger partial charge >= 0.3 is 0 Å². The second-order valence-electron chi connectivity index (χ2n) is 6.40. The Kier molecular flexibility index (Phi) is 5.43. The van der Waals surface area contributed by atoms with E-state index in [2.05, 4.69) is 15.4 Å². The molecule has 0 bridgehead atoms. The Bertz CT molecular complexity index is 958. The molecule has 0 aliphatic carbocycles. The summed E-state index contributed by atoms with van der Waals surface area (Å²) in [4.78, 5) is 16.3. The molecule has 8 heteroatoms. The van der Waals surface area contributed by atoms with Gasteiger partial charge in [0.05, 0.1) is 11.6 Å². The summed E-state index contributed by atoms with van der Waals surface area (Å²) in [7, 11) is 0. The lowest BCUT2D eigenvalue weighted by Gasteiger charge is -2.20. The quantitative estimate of drug-likeness (QED) is 0.690. The van der Waals surface area contributed by atoms with Crippen LogP contribution in [0.25, 0.3) is 0 Å². The van der Waals surface area contributed by atoms with Gasteiger partial charge in [0.15, 0.2) is 11.5 Å². The number of carbonyl (C=O) groups is 1. The van der Waals surface area contributed by atoms with E-state index < -0.39 is 0 Å². The highest BCUT2D eigenvalue weighted by Crippen LogP contribution is 2.38. The van der Waals surface area contributed by atoms with Gasteiger partial charge in [0.1, 0.15) is 25.9 Å². The van der Waals surface area contributed by atoms with Crippen LogP contribution in [0.2, 0.25) is 5.02 Å². The fourth-order valence-corrected chi connectivity index (χ4v) is 3.28. The fraction of sp³-hybridized carbons (Fsp3) is 0.250. The zero-order valence-electron chi connectivity index (χ0n) is 15.1. The van der Waals surface area contributed by atoms with E-state index in [1.807, 2.05) is 36.4 Å². The van der Waals surface area contributed by atoms with Gasteiger partial charge in [0.2, 0.25) is 0 Å². The Morgan fingerprint density at radius 3 is 2.75 bits per heavy atom. The highest BCUT2D eigenvalue weighted by atomic mass is 35.5. The summed E-state index contributed by atoms with van der Waals surface area (Å²) in [6, 6.07) is 11.2. The van der Waals surface area contributed by atoms with E-state index in [4.69, 9.17) is 21.1 Å². The molecule has 2 heterocycles. The number of nitrogens with zero attached hydrogens (tertiary/aromatic N) is 3. The van der Waals surface area contributed by atoms with Crippen molar-refractivity contribution >= 4 is 17.5 Å². The molecule has 0 spiro atoms. The molecule has 1 aliphatic rings. The highest BCUT2D eigenvalue weighted by Gasteiger charge is 2.16. The van der Waals surface area contributed by atoms with Crippen LogP contribution in [0, 0.1) is 0 Å². The average Bonchev–Trinajstić information content (AvgIpc) is 3.21. The van der Waals surface area contributed by atoms with E-state index in [1.165, 1.54) is 6.33 Å². The second-order valence-corrected chi connectivity index (χ2v) is 6.80. The Morgan fingerprint density at radius 1 is 1.14 bits per heavy atom. The van der Waals surface area contributed by atoms with Crippen LogP contribution in [0.1, 0.15) is 21.5 Å². The predicted molar refractivity (Wildman–Crippen MR) is 104 cm³/mol. The number of rotatable bonds is 6. The number of fused-ring (bicyclic) bond motifs is 1. The van der Waals surface area contributed by atoms with Gasteiger partial charge in [0, 0.05) is 12.1 Å². The Hall–Kier alpha value is -3.06. The SMILES string of the molecule is O=C(NCCc1cc(Cl)c2c(c1)OCCO2)c1ccc(Cn2cncn2)cc1. The molecule has 4 rings (SSSR count). The van der Waals surface area contributed by atoms with E-state index in [9.17, 15) is 4.79 Å². The van der Waals surface area contributed by atoms with Crippen LogP contribution in [0.4, 0.5) is 0 Å². The Balaban J connectivity index is 1.31. The van der Waals surface area contributed by atoms with Gasteiger partial charge in [-0.25, -0.2) is 9.67 Å². The van der Waals surface area contributed by atoms with Crippen molar-refractivity contribution in [1.29, 1.82) is 0 Å². The molecule has 0 unspecified atom stereocenters. The zero-order chi connectivity index (χ0) is 19.3. The van der Waals surface area contributed by atoms with E-state index in [-0.39, 0.29) is 5.91 Å². The third-order valence-electron chi connectivity index (χ3n) is 4.38. The molecular formula is C20H19ClN4O3. The summed E-state index contributed by atoms with van der Waals surface area (Å²) < 4.78 is 12.8. The van der Waals surface area contributed by atoms with Crippen molar-refractivity contribution in [1.82, 2.24) is 20.1 Å². The number of ether oxygens (including phenoxy) is 2.